The third kappa shape index (κ3) is 2.86. The minimum Gasteiger partial charge on any atom is -0.362 e. The molecule has 0 spiro atoms. The van der Waals surface area contributed by atoms with Crippen molar-refractivity contribution in [3.05, 3.63) is 38.7 Å². The van der Waals surface area contributed by atoms with Crippen LogP contribution in [0.1, 0.15) is 29.7 Å². The van der Waals surface area contributed by atoms with Crippen molar-refractivity contribution in [2.45, 2.75) is 19.3 Å². The van der Waals surface area contributed by atoms with Crippen molar-refractivity contribution in [3.63, 3.8) is 0 Å². The summed E-state index contributed by atoms with van der Waals surface area (Å²) in [4.78, 5) is 17.4. The van der Waals surface area contributed by atoms with Crippen molar-refractivity contribution in [1.29, 1.82) is 0 Å². The van der Waals surface area contributed by atoms with Crippen molar-refractivity contribution in [3.8, 4) is 0 Å². The molecule has 1 aromatic heterocycles. The Morgan fingerprint density at radius 3 is 2.95 bits per heavy atom. The van der Waals surface area contributed by atoms with E-state index in [0.29, 0.717) is 22.3 Å². The first-order valence-corrected chi connectivity index (χ1v) is 8.15. The lowest BCUT2D eigenvalue weighted by atomic mass is 9.92. The SMILES string of the molecule is CCNc1nc2c(s1)C(c1ccc(Cl)c(Cl)c1)CC(=O)N2. The van der Waals surface area contributed by atoms with E-state index >= 15 is 0 Å². The number of carbonyl (C=O) groups excluding carboxylic acids is 1. The van der Waals surface area contributed by atoms with Gasteiger partial charge in [-0.25, -0.2) is 4.98 Å². The van der Waals surface area contributed by atoms with Crippen LogP contribution in [0.5, 0.6) is 0 Å². The van der Waals surface area contributed by atoms with Crippen LogP contribution < -0.4 is 10.6 Å². The first-order valence-electron chi connectivity index (χ1n) is 6.58. The van der Waals surface area contributed by atoms with Gasteiger partial charge in [-0.1, -0.05) is 40.6 Å². The summed E-state index contributed by atoms with van der Waals surface area (Å²) in [5.41, 5.74) is 0.979. The lowest BCUT2D eigenvalue weighted by Crippen LogP contribution is -2.22. The summed E-state index contributed by atoms with van der Waals surface area (Å²) in [6.45, 7) is 2.80. The number of thiazole rings is 1. The summed E-state index contributed by atoms with van der Waals surface area (Å²) in [6.07, 6.45) is 0.388. The van der Waals surface area contributed by atoms with Crippen molar-refractivity contribution < 1.29 is 4.79 Å². The topological polar surface area (TPSA) is 54.0 Å². The number of hydrogen-bond acceptors (Lipinski definition) is 4. The van der Waals surface area contributed by atoms with Gasteiger partial charge in [0.15, 0.2) is 5.13 Å². The third-order valence-corrected chi connectivity index (χ3v) is 5.16. The molecule has 7 heteroatoms. The average molecular weight is 342 g/mol. The van der Waals surface area contributed by atoms with E-state index < -0.39 is 0 Å². The Labute approximate surface area is 136 Å². The van der Waals surface area contributed by atoms with Crippen LogP contribution in [0.2, 0.25) is 10.0 Å². The Kier molecular flexibility index (Phi) is 4.06. The zero-order chi connectivity index (χ0) is 15.0. The first kappa shape index (κ1) is 14.6. The second-order valence-electron chi connectivity index (χ2n) is 4.74. The molecule has 3 rings (SSSR count). The van der Waals surface area contributed by atoms with Gasteiger partial charge in [0.1, 0.15) is 5.82 Å². The van der Waals surface area contributed by atoms with Crippen LogP contribution in [0, 0.1) is 0 Å². The molecule has 1 aliphatic heterocycles. The Balaban J connectivity index is 2.03. The highest BCUT2D eigenvalue weighted by atomic mass is 35.5. The second-order valence-corrected chi connectivity index (χ2v) is 6.59. The van der Waals surface area contributed by atoms with Crippen LogP contribution in [-0.4, -0.2) is 17.4 Å². The number of rotatable bonds is 3. The number of fused-ring (bicyclic) bond motifs is 1. The van der Waals surface area contributed by atoms with E-state index in [1.807, 2.05) is 19.1 Å². The molecule has 2 N–H and O–H groups in total. The number of amides is 1. The summed E-state index contributed by atoms with van der Waals surface area (Å²) >= 11 is 13.6. The van der Waals surface area contributed by atoms with E-state index in [2.05, 4.69) is 15.6 Å². The molecule has 0 saturated carbocycles. The van der Waals surface area contributed by atoms with Crippen molar-refractivity contribution in [2.75, 3.05) is 17.2 Å². The predicted octanol–water partition coefficient (Wildman–Crippen LogP) is 4.36. The van der Waals surface area contributed by atoms with Crippen LogP contribution in [0.3, 0.4) is 0 Å². The lowest BCUT2D eigenvalue weighted by molar-refractivity contribution is -0.116. The van der Waals surface area contributed by atoms with Gasteiger partial charge in [-0.15, -0.1) is 0 Å². The maximum Gasteiger partial charge on any atom is 0.226 e. The maximum absolute atomic E-state index is 11.9. The van der Waals surface area contributed by atoms with Crippen molar-refractivity contribution in [2.24, 2.45) is 0 Å². The molecule has 4 nitrogen and oxygen atoms in total. The Morgan fingerprint density at radius 1 is 1.43 bits per heavy atom. The number of aromatic nitrogens is 1. The van der Waals surface area contributed by atoms with Crippen LogP contribution >= 0.6 is 34.5 Å². The molecule has 0 radical (unpaired) electrons. The van der Waals surface area contributed by atoms with Gasteiger partial charge in [-0.05, 0) is 24.6 Å². The number of nitrogens with zero attached hydrogens (tertiary/aromatic N) is 1. The molecule has 110 valence electrons. The third-order valence-electron chi connectivity index (χ3n) is 3.29. The number of carbonyl (C=O) groups is 1. The van der Waals surface area contributed by atoms with Crippen LogP contribution in [0.4, 0.5) is 10.9 Å². The largest absolute Gasteiger partial charge is 0.362 e. The molecular weight excluding hydrogens is 329 g/mol. The van der Waals surface area contributed by atoms with E-state index in [0.717, 1.165) is 22.1 Å². The van der Waals surface area contributed by atoms with Gasteiger partial charge in [0.05, 0.1) is 14.9 Å². The predicted molar refractivity (Wildman–Crippen MR) is 87.8 cm³/mol. The summed E-state index contributed by atoms with van der Waals surface area (Å²) in [5.74, 6) is 0.573. The average Bonchev–Trinajstić information content (AvgIpc) is 2.83. The fourth-order valence-corrected chi connectivity index (χ4v) is 3.77. The molecule has 0 aliphatic carbocycles. The molecule has 0 bridgehead atoms. The molecular formula is C14H13Cl2N3OS. The van der Waals surface area contributed by atoms with Gasteiger partial charge >= 0.3 is 0 Å². The Hall–Kier alpha value is -1.30. The minimum atomic E-state index is -0.0353. The molecule has 0 fully saturated rings. The molecule has 21 heavy (non-hydrogen) atoms. The van der Waals surface area contributed by atoms with E-state index in [4.69, 9.17) is 23.2 Å². The molecule has 2 aromatic rings. The summed E-state index contributed by atoms with van der Waals surface area (Å²) in [5, 5.41) is 7.83. The van der Waals surface area contributed by atoms with Crippen LogP contribution in [0.15, 0.2) is 18.2 Å². The van der Waals surface area contributed by atoms with E-state index in [1.165, 1.54) is 0 Å². The fraction of sp³-hybridized carbons (Fsp3) is 0.286. The number of halogens is 2. The van der Waals surface area contributed by atoms with Gasteiger partial charge in [0.2, 0.25) is 5.91 Å². The quantitative estimate of drug-likeness (QED) is 0.872. The highest BCUT2D eigenvalue weighted by molar-refractivity contribution is 7.16. The van der Waals surface area contributed by atoms with E-state index in [9.17, 15) is 4.79 Å². The molecule has 0 saturated heterocycles. The summed E-state index contributed by atoms with van der Waals surface area (Å²) < 4.78 is 0. The molecule has 1 atom stereocenters. The van der Waals surface area contributed by atoms with Gasteiger partial charge in [0.25, 0.3) is 0 Å². The standard InChI is InChI=1S/C14H13Cl2N3OS/c1-2-17-14-19-13-12(21-14)8(6-11(20)18-13)7-3-4-9(15)10(16)5-7/h3-5,8H,2,6H2,1H3,(H,17,19)(H,18,20). The highest BCUT2D eigenvalue weighted by Crippen LogP contribution is 2.43. The van der Waals surface area contributed by atoms with Gasteiger partial charge in [-0.2, -0.15) is 0 Å². The van der Waals surface area contributed by atoms with Gasteiger partial charge in [-0.3, -0.25) is 4.79 Å². The molecule has 2 heterocycles. The highest BCUT2D eigenvalue weighted by Gasteiger charge is 2.30. The monoisotopic (exact) mass is 341 g/mol. The van der Waals surface area contributed by atoms with Gasteiger partial charge in [0, 0.05) is 18.9 Å². The number of anilines is 2. The molecule has 1 amide bonds. The van der Waals surface area contributed by atoms with Crippen molar-refractivity contribution >= 4 is 51.4 Å². The lowest BCUT2D eigenvalue weighted by Gasteiger charge is -2.21. The Morgan fingerprint density at radius 2 is 2.24 bits per heavy atom. The van der Waals surface area contributed by atoms with Gasteiger partial charge < -0.3 is 10.6 Å². The maximum atomic E-state index is 11.9. The van der Waals surface area contributed by atoms with E-state index in [-0.39, 0.29) is 11.8 Å². The number of benzene rings is 1. The molecule has 1 aliphatic rings. The molecule has 1 aromatic carbocycles. The van der Waals surface area contributed by atoms with Crippen molar-refractivity contribution in [1.82, 2.24) is 4.98 Å². The number of hydrogen-bond donors (Lipinski definition) is 2. The first-order chi connectivity index (χ1) is 10.1. The van der Waals surface area contributed by atoms with Crippen LogP contribution in [0.25, 0.3) is 0 Å². The summed E-state index contributed by atoms with van der Waals surface area (Å²) in [6, 6.07) is 5.50. The molecule has 1 unspecified atom stereocenters. The smallest absolute Gasteiger partial charge is 0.226 e. The van der Waals surface area contributed by atoms with Crippen LogP contribution in [-0.2, 0) is 4.79 Å². The Bertz CT molecular complexity index is 702. The van der Waals surface area contributed by atoms with E-state index in [1.54, 1.807) is 17.4 Å². The second kappa shape index (κ2) is 5.83. The fourth-order valence-electron chi connectivity index (χ4n) is 2.34. The zero-order valence-corrected chi connectivity index (χ0v) is 13.6. The number of nitrogens with one attached hydrogen (secondary N) is 2. The summed E-state index contributed by atoms with van der Waals surface area (Å²) in [7, 11) is 0. The zero-order valence-electron chi connectivity index (χ0n) is 11.2. The normalized spacial score (nSPS) is 17.3. The minimum absolute atomic E-state index is 0.0339.